The largest absolute Gasteiger partial charge is 0.493 e. The third-order valence-electron chi connectivity index (χ3n) is 2.93. The Hall–Kier alpha value is -2.19. The first-order valence-electron chi connectivity index (χ1n) is 7.11. The molecule has 8 heteroatoms. The summed E-state index contributed by atoms with van der Waals surface area (Å²) in [4.78, 5) is 12.3. The van der Waals surface area contributed by atoms with Crippen LogP contribution in [0.3, 0.4) is 0 Å². The van der Waals surface area contributed by atoms with E-state index in [2.05, 4.69) is 15.5 Å². The maximum Gasteiger partial charge on any atom is 0.257 e. The fraction of sp³-hybridized carbons (Fsp3) is 0.400. The average Bonchev–Trinajstić information content (AvgIpc) is 3.01. The van der Waals surface area contributed by atoms with Crippen LogP contribution in [0.4, 0.5) is 5.13 Å². The molecule has 0 atom stereocenters. The van der Waals surface area contributed by atoms with Crippen LogP contribution < -0.4 is 14.8 Å². The Morgan fingerprint density at radius 1 is 1.35 bits per heavy atom. The van der Waals surface area contributed by atoms with Crippen LogP contribution in [0.5, 0.6) is 11.5 Å². The summed E-state index contributed by atoms with van der Waals surface area (Å²) in [5.41, 5.74) is 0.403. The van der Waals surface area contributed by atoms with Crippen LogP contribution in [0.1, 0.15) is 35.1 Å². The van der Waals surface area contributed by atoms with Crippen molar-refractivity contribution in [3.63, 3.8) is 0 Å². The summed E-state index contributed by atoms with van der Waals surface area (Å²) in [6, 6.07) is 4.83. The molecule has 2 aromatic rings. The molecule has 0 radical (unpaired) electrons. The molecule has 124 valence electrons. The molecule has 0 bridgehead atoms. The van der Waals surface area contributed by atoms with Crippen molar-refractivity contribution in [1.29, 1.82) is 0 Å². The third-order valence-corrected chi connectivity index (χ3v) is 4.07. The molecular formula is C15H19N3O4S. The van der Waals surface area contributed by atoms with Crippen molar-refractivity contribution in [2.45, 2.75) is 19.8 Å². The number of carbonyl (C=O) groups is 1. The number of ether oxygens (including phenoxy) is 2. The Morgan fingerprint density at radius 2 is 2.13 bits per heavy atom. The molecule has 0 aliphatic heterocycles. The molecule has 1 amide bonds. The number of amides is 1. The highest BCUT2D eigenvalue weighted by Crippen LogP contribution is 2.29. The van der Waals surface area contributed by atoms with E-state index in [1.54, 1.807) is 18.2 Å². The highest BCUT2D eigenvalue weighted by Gasteiger charge is 2.14. The van der Waals surface area contributed by atoms with Crippen LogP contribution >= 0.6 is 11.3 Å². The molecular weight excluding hydrogens is 318 g/mol. The number of aromatic nitrogens is 2. The van der Waals surface area contributed by atoms with E-state index in [-0.39, 0.29) is 25.0 Å². The number of rotatable bonds is 7. The van der Waals surface area contributed by atoms with Gasteiger partial charge in [0.05, 0.1) is 13.7 Å². The Labute approximate surface area is 138 Å². The number of hydrogen-bond donors (Lipinski definition) is 2. The molecule has 0 aliphatic carbocycles. The van der Waals surface area contributed by atoms with E-state index >= 15 is 0 Å². The van der Waals surface area contributed by atoms with Gasteiger partial charge in [0.2, 0.25) is 5.13 Å². The van der Waals surface area contributed by atoms with Crippen molar-refractivity contribution in [2.75, 3.05) is 25.6 Å². The van der Waals surface area contributed by atoms with Crippen molar-refractivity contribution in [2.24, 2.45) is 0 Å². The molecule has 0 saturated carbocycles. The Morgan fingerprint density at radius 3 is 2.74 bits per heavy atom. The summed E-state index contributed by atoms with van der Waals surface area (Å²) >= 11 is 1.35. The molecule has 23 heavy (non-hydrogen) atoms. The van der Waals surface area contributed by atoms with Crippen molar-refractivity contribution in [1.82, 2.24) is 10.2 Å². The third kappa shape index (κ3) is 4.40. The van der Waals surface area contributed by atoms with Gasteiger partial charge in [0, 0.05) is 11.5 Å². The number of benzene rings is 1. The normalized spacial score (nSPS) is 10.7. The second kappa shape index (κ2) is 7.89. The summed E-state index contributed by atoms with van der Waals surface area (Å²) in [6.45, 7) is 4.03. The van der Waals surface area contributed by atoms with E-state index in [0.29, 0.717) is 22.2 Å². The zero-order chi connectivity index (χ0) is 16.8. The SMILES string of the molecule is COc1ccc(C(=O)Nc2nnc(C(C)C)s2)cc1OCCO. The summed E-state index contributed by atoms with van der Waals surface area (Å²) in [5.74, 6) is 0.841. The maximum absolute atomic E-state index is 12.3. The smallest absolute Gasteiger partial charge is 0.257 e. The van der Waals surface area contributed by atoms with Crippen LogP contribution in [0.2, 0.25) is 0 Å². The Kier molecular flexibility index (Phi) is 5.89. The molecule has 0 fully saturated rings. The number of carbonyl (C=O) groups excluding carboxylic acids is 1. The minimum atomic E-state index is -0.312. The molecule has 2 N–H and O–H groups in total. The fourth-order valence-corrected chi connectivity index (χ4v) is 2.51. The quantitative estimate of drug-likeness (QED) is 0.805. The predicted octanol–water partition coefficient (Wildman–Crippen LogP) is 2.29. The van der Waals surface area contributed by atoms with E-state index in [0.717, 1.165) is 5.01 Å². The molecule has 0 aliphatic rings. The standard InChI is InChI=1S/C15H19N3O4S/c1-9(2)14-17-18-15(23-14)16-13(20)10-4-5-11(21-3)12(8-10)22-7-6-19/h4-5,8-9,19H,6-7H2,1-3H3,(H,16,18,20). The lowest BCUT2D eigenvalue weighted by atomic mass is 10.2. The number of nitrogens with one attached hydrogen (secondary N) is 1. The zero-order valence-corrected chi connectivity index (χ0v) is 14.0. The summed E-state index contributed by atoms with van der Waals surface area (Å²) in [7, 11) is 1.51. The molecule has 2 rings (SSSR count). The number of anilines is 1. The Bertz CT molecular complexity index is 672. The molecule has 0 saturated heterocycles. The maximum atomic E-state index is 12.3. The number of hydrogen-bond acceptors (Lipinski definition) is 7. The van der Waals surface area contributed by atoms with Gasteiger partial charge in [0.15, 0.2) is 11.5 Å². The molecule has 0 spiro atoms. The van der Waals surface area contributed by atoms with Gasteiger partial charge < -0.3 is 14.6 Å². The van der Waals surface area contributed by atoms with Crippen LogP contribution in [-0.2, 0) is 0 Å². The summed E-state index contributed by atoms with van der Waals surface area (Å²) in [5, 5.41) is 20.9. The number of aliphatic hydroxyl groups is 1. The minimum absolute atomic E-state index is 0.121. The highest BCUT2D eigenvalue weighted by molar-refractivity contribution is 7.15. The van der Waals surface area contributed by atoms with E-state index in [1.165, 1.54) is 18.4 Å². The molecule has 1 aromatic carbocycles. The molecule has 1 heterocycles. The number of nitrogens with zero attached hydrogens (tertiary/aromatic N) is 2. The first-order chi connectivity index (χ1) is 11.0. The zero-order valence-electron chi connectivity index (χ0n) is 13.2. The van der Waals surface area contributed by atoms with E-state index in [1.807, 2.05) is 13.8 Å². The van der Waals surface area contributed by atoms with E-state index < -0.39 is 0 Å². The fourth-order valence-electron chi connectivity index (χ4n) is 1.77. The summed E-state index contributed by atoms with van der Waals surface area (Å²) < 4.78 is 10.5. The average molecular weight is 337 g/mol. The van der Waals surface area contributed by atoms with Crippen LogP contribution in [-0.4, -0.2) is 41.5 Å². The van der Waals surface area contributed by atoms with Crippen LogP contribution in [0.25, 0.3) is 0 Å². The molecule has 7 nitrogen and oxygen atoms in total. The second-order valence-electron chi connectivity index (χ2n) is 4.99. The van der Waals surface area contributed by atoms with Gasteiger partial charge in [-0.1, -0.05) is 25.2 Å². The van der Waals surface area contributed by atoms with Gasteiger partial charge in [-0.05, 0) is 18.2 Å². The van der Waals surface area contributed by atoms with Gasteiger partial charge in [-0.2, -0.15) is 0 Å². The van der Waals surface area contributed by atoms with Crippen LogP contribution in [0.15, 0.2) is 18.2 Å². The number of aliphatic hydroxyl groups excluding tert-OH is 1. The minimum Gasteiger partial charge on any atom is -0.493 e. The lowest BCUT2D eigenvalue weighted by molar-refractivity contribution is 0.102. The van der Waals surface area contributed by atoms with Crippen molar-refractivity contribution < 1.29 is 19.4 Å². The number of methoxy groups -OCH3 is 1. The monoisotopic (exact) mass is 337 g/mol. The lowest BCUT2D eigenvalue weighted by Gasteiger charge is -2.11. The van der Waals surface area contributed by atoms with E-state index in [4.69, 9.17) is 14.6 Å². The van der Waals surface area contributed by atoms with Crippen molar-refractivity contribution in [3.05, 3.63) is 28.8 Å². The van der Waals surface area contributed by atoms with Gasteiger partial charge >= 0.3 is 0 Å². The first-order valence-corrected chi connectivity index (χ1v) is 7.93. The summed E-state index contributed by atoms with van der Waals surface area (Å²) in [6.07, 6.45) is 0. The predicted molar refractivity (Wildman–Crippen MR) is 87.5 cm³/mol. The first kappa shape index (κ1) is 17.2. The van der Waals surface area contributed by atoms with Crippen molar-refractivity contribution in [3.8, 4) is 11.5 Å². The molecule has 1 aromatic heterocycles. The topological polar surface area (TPSA) is 93.6 Å². The van der Waals surface area contributed by atoms with E-state index in [9.17, 15) is 4.79 Å². The van der Waals surface area contributed by atoms with Gasteiger partial charge in [-0.3, -0.25) is 10.1 Å². The van der Waals surface area contributed by atoms with Gasteiger partial charge in [-0.15, -0.1) is 10.2 Å². The molecule has 0 unspecified atom stereocenters. The lowest BCUT2D eigenvalue weighted by Crippen LogP contribution is -2.12. The van der Waals surface area contributed by atoms with Crippen molar-refractivity contribution >= 4 is 22.4 Å². The second-order valence-corrected chi connectivity index (χ2v) is 6.00. The van der Waals surface area contributed by atoms with Gasteiger partial charge in [0.1, 0.15) is 11.6 Å². The van der Waals surface area contributed by atoms with Gasteiger partial charge in [-0.25, -0.2) is 0 Å². The Balaban J connectivity index is 2.14. The van der Waals surface area contributed by atoms with Gasteiger partial charge in [0.25, 0.3) is 5.91 Å². The van der Waals surface area contributed by atoms with Crippen LogP contribution in [0, 0.1) is 0 Å². The highest BCUT2D eigenvalue weighted by atomic mass is 32.1.